The quantitative estimate of drug-likeness (QED) is 0.922. The molecule has 1 aromatic heterocycles. The van der Waals surface area contributed by atoms with Gasteiger partial charge in [-0.2, -0.15) is 0 Å². The van der Waals surface area contributed by atoms with Crippen molar-refractivity contribution in [1.29, 1.82) is 0 Å². The van der Waals surface area contributed by atoms with E-state index in [1.165, 1.54) is 0 Å². The lowest BCUT2D eigenvalue weighted by Gasteiger charge is -2.15. The number of benzene rings is 1. The highest BCUT2D eigenvalue weighted by Gasteiger charge is 2.10. The third-order valence-corrected chi connectivity index (χ3v) is 3.31. The fourth-order valence-corrected chi connectivity index (χ4v) is 2.16. The van der Waals surface area contributed by atoms with Crippen molar-refractivity contribution in [2.45, 2.75) is 19.9 Å². The predicted octanol–water partition coefficient (Wildman–Crippen LogP) is 3.30. The average molecular weight is 305 g/mol. The molecule has 2 aromatic rings. The Labute approximate surface area is 129 Å². The Bertz CT molecular complexity index is 617. The fourth-order valence-electron chi connectivity index (χ4n) is 1.94. The molecule has 1 N–H and O–H groups in total. The molecule has 21 heavy (non-hydrogen) atoms. The highest BCUT2D eigenvalue weighted by molar-refractivity contribution is 6.30. The average Bonchev–Trinajstić information content (AvgIpc) is 2.47. The lowest BCUT2D eigenvalue weighted by atomic mass is 10.1. The Morgan fingerprint density at radius 3 is 2.71 bits per heavy atom. The first-order chi connectivity index (χ1) is 10.1. The van der Waals surface area contributed by atoms with Gasteiger partial charge in [-0.05, 0) is 55.3 Å². The molecule has 0 spiro atoms. The molecular weight excluding hydrogens is 288 g/mol. The minimum absolute atomic E-state index is 0.0299. The highest BCUT2D eigenvalue weighted by Crippen LogP contribution is 2.21. The van der Waals surface area contributed by atoms with E-state index in [9.17, 15) is 4.79 Å². The van der Waals surface area contributed by atoms with E-state index < -0.39 is 0 Å². The highest BCUT2D eigenvalue weighted by atomic mass is 35.5. The summed E-state index contributed by atoms with van der Waals surface area (Å²) in [6.07, 6.45) is 3.40. The number of hydrogen-bond donors (Lipinski definition) is 1. The van der Waals surface area contributed by atoms with Crippen molar-refractivity contribution in [2.24, 2.45) is 0 Å². The largest absolute Gasteiger partial charge is 0.484 e. The van der Waals surface area contributed by atoms with E-state index in [4.69, 9.17) is 16.3 Å². The Morgan fingerprint density at radius 1 is 1.33 bits per heavy atom. The van der Waals surface area contributed by atoms with Crippen molar-refractivity contribution >= 4 is 17.5 Å². The van der Waals surface area contributed by atoms with Crippen molar-refractivity contribution in [2.75, 3.05) is 6.61 Å². The maximum Gasteiger partial charge on any atom is 0.258 e. The van der Waals surface area contributed by atoms with Gasteiger partial charge in [-0.15, -0.1) is 0 Å². The van der Waals surface area contributed by atoms with Gasteiger partial charge in [-0.1, -0.05) is 11.6 Å². The first-order valence-corrected chi connectivity index (χ1v) is 7.02. The number of ether oxygens (including phenoxy) is 1. The maximum atomic E-state index is 11.9. The van der Waals surface area contributed by atoms with Crippen LogP contribution in [0.2, 0.25) is 5.02 Å². The second-order valence-electron chi connectivity index (χ2n) is 4.77. The van der Waals surface area contributed by atoms with Crippen LogP contribution >= 0.6 is 11.6 Å². The van der Waals surface area contributed by atoms with Crippen LogP contribution in [-0.2, 0) is 4.79 Å². The van der Waals surface area contributed by atoms with Crippen molar-refractivity contribution in [3.63, 3.8) is 0 Å². The summed E-state index contributed by atoms with van der Waals surface area (Å²) >= 11 is 5.88. The van der Waals surface area contributed by atoms with Gasteiger partial charge in [0.1, 0.15) is 5.75 Å². The van der Waals surface area contributed by atoms with Gasteiger partial charge in [0.2, 0.25) is 0 Å². The molecule has 0 aliphatic carbocycles. The van der Waals surface area contributed by atoms with Crippen LogP contribution in [0.3, 0.4) is 0 Å². The summed E-state index contributed by atoms with van der Waals surface area (Å²) in [6, 6.07) is 8.95. The number of rotatable bonds is 5. The topological polar surface area (TPSA) is 51.2 Å². The molecule has 0 saturated heterocycles. The minimum Gasteiger partial charge on any atom is -0.484 e. The van der Waals surface area contributed by atoms with Gasteiger partial charge in [0.05, 0.1) is 6.04 Å². The van der Waals surface area contributed by atoms with Gasteiger partial charge in [-0.25, -0.2) is 0 Å². The first-order valence-electron chi connectivity index (χ1n) is 6.64. The Balaban J connectivity index is 1.87. The summed E-state index contributed by atoms with van der Waals surface area (Å²) in [7, 11) is 0. The second-order valence-corrected chi connectivity index (χ2v) is 5.20. The van der Waals surface area contributed by atoms with Crippen LogP contribution in [0.1, 0.15) is 24.1 Å². The summed E-state index contributed by atoms with van der Waals surface area (Å²) in [5.41, 5.74) is 1.90. The van der Waals surface area contributed by atoms with Crippen LogP contribution in [0.4, 0.5) is 0 Å². The summed E-state index contributed by atoms with van der Waals surface area (Å²) in [6.45, 7) is 3.78. The maximum absolute atomic E-state index is 11.9. The molecule has 0 saturated carbocycles. The van der Waals surface area contributed by atoms with E-state index in [2.05, 4.69) is 10.3 Å². The monoisotopic (exact) mass is 304 g/mol. The smallest absolute Gasteiger partial charge is 0.258 e. The molecule has 0 aliphatic heterocycles. The number of nitrogens with one attached hydrogen (secondary N) is 1. The summed E-state index contributed by atoms with van der Waals surface area (Å²) in [5.74, 6) is 0.486. The number of halogens is 1. The molecule has 1 aromatic carbocycles. The molecule has 5 heteroatoms. The van der Waals surface area contributed by atoms with Crippen LogP contribution in [0.5, 0.6) is 5.75 Å². The van der Waals surface area contributed by atoms with Crippen LogP contribution < -0.4 is 10.1 Å². The molecule has 4 nitrogen and oxygen atoms in total. The number of pyridine rings is 1. The number of nitrogens with zero attached hydrogens (tertiary/aromatic N) is 1. The fraction of sp³-hybridized carbons (Fsp3) is 0.250. The second kappa shape index (κ2) is 7.09. The van der Waals surface area contributed by atoms with Crippen molar-refractivity contribution in [3.8, 4) is 5.75 Å². The van der Waals surface area contributed by atoms with E-state index in [1.807, 2.05) is 26.0 Å². The van der Waals surface area contributed by atoms with E-state index >= 15 is 0 Å². The van der Waals surface area contributed by atoms with Crippen molar-refractivity contribution < 1.29 is 9.53 Å². The van der Waals surface area contributed by atoms with E-state index in [0.717, 1.165) is 11.1 Å². The third-order valence-electron chi connectivity index (χ3n) is 3.08. The first kappa shape index (κ1) is 15.3. The summed E-state index contributed by atoms with van der Waals surface area (Å²) in [4.78, 5) is 15.9. The number of amides is 1. The van der Waals surface area contributed by atoms with Gasteiger partial charge in [0.25, 0.3) is 5.91 Å². The standard InChI is InChI=1S/C16H17ClN2O2/c1-11-9-14(17)3-4-15(11)21-10-16(20)19-12(2)13-5-7-18-8-6-13/h3-9,12H,10H2,1-2H3,(H,19,20). The third kappa shape index (κ3) is 4.46. The predicted molar refractivity (Wildman–Crippen MR) is 82.5 cm³/mol. The lowest BCUT2D eigenvalue weighted by molar-refractivity contribution is -0.123. The molecule has 1 atom stereocenters. The number of carbonyl (C=O) groups is 1. The number of aryl methyl sites for hydroxylation is 1. The van der Waals surface area contributed by atoms with Crippen LogP contribution in [-0.4, -0.2) is 17.5 Å². The number of carbonyl (C=O) groups excluding carboxylic acids is 1. The molecule has 2 rings (SSSR count). The number of aromatic nitrogens is 1. The van der Waals surface area contributed by atoms with Crippen LogP contribution in [0.15, 0.2) is 42.7 Å². The molecule has 1 heterocycles. The zero-order valence-electron chi connectivity index (χ0n) is 12.0. The Kier molecular flexibility index (Phi) is 5.17. The van der Waals surface area contributed by atoms with Crippen LogP contribution in [0, 0.1) is 6.92 Å². The van der Waals surface area contributed by atoms with Gasteiger partial charge in [-0.3, -0.25) is 9.78 Å². The van der Waals surface area contributed by atoms with Gasteiger partial charge >= 0.3 is 0 Å². The molecule has 0 radical (unpaired) electrons. The summed E-state index contributed by atoms with van der Waals surface area (Å²) in [5, 5.41) is 3.53. The Morgan fingerprint density at radius 2 is 2.05 bits per heavy atom. The molecule has 1 unspecified atom stereocenters. The minimum atomic E-state index is -0.173. The summed E-state index contributed by atoms with van der Waals surface area (Å²) < 4.78 is 5.51. The Hall–Kier alpha value is -2.07. The lowest BCUT2D eigenvalue weighted by Crippen LogP contribution is -2.31. The van der Waals surface area contributed by atoms with Crippen molar-refractivity contribution in [3.05, 3.63) is 58.9 Å². The zero-order chi connectivity index (χ0) is 15.2. The van der Waals surface area contributed by atoms with Gasteiger partial charge < -0.3 is 10.1 Å². The van der Waals surface area contributed by atoms with Crippen LogP contribution in [0.25, 0.3) is 0 Å². The number of hydrogen-bond acceptors (Lipinski definition) is 3. The normalized spacial score (nSPS) is 11.8. The van der Waals surface area contributed by atoms with E-state index in [1.54, 1.807) is 30.6 Å². The molecular formula is C16H17ClN2O2. The molecule has 0 fully saturated rings. The molecule has 0 aliphatic rings. The van der Waals surface area contributed by atoms with Crippen molar-refractivity contribution in [1.82, 2.24) is 10.3 Å². The van der Waals surface area contributed by atoms with Gasteiger partial charge in [0.15, 0.2) is 6.61 Å². The molecule has 1 amide bonds. The SMILES string of the molecule is Cc1cc(Cl)ccc1OCC(=O)NC(C)c1ccncc1. The van der Waals surface area contributed by atoms with Gasteiger partial charge in [0, 0.05) is 17.4 Å². The zero-order valence-corrected chi connectivity index (χ0v) is 12.7. The molecule has 110 valence electrons. The molecule has 0 bridgehead atoms. The van der Waals surface area contributed by atoms with E-state index in [-0.39, 0.29) is 18.6 Å². The van der Waals surface area contributed by atoms with E-state index in [0.29, 0.717) is 10.8 Å².